The summed E-state index contributed by atoms with van der Waals surface area (Å²) in [5.41, 5.74) is 0. The van der Waals surface area contributed by atoms with E-state index in [-0.39, 0.29) is 25.5 Å². The molecule has 2 amide bonds. The molecule has 0 spiro atoms. The largest absolute Gasteiger partial charge is 0.362 e. The molecule has 1 fully saturated rings. The van der Waals surface area contributed by atoms with E-state index in [4.69, 9.17) is 4.74 Å². The first-order valence-electron chi connectivity index (χ1n) is 4.66. The third kappa shape index (κ3) is 2.17. The minimum Gasteiger partial charge on any atom is -0.362 e. The van der Waals surface area contributed by atoms with Gasteiger partial charge in [0.05, 0.1) is 11.4 Å². The van der Waals surface area contributed by atoms with Crippen LogP contribution in [0.2, 0.25) is 0 Å². The molecule has 0 aromatic carbocycles. The van der Waals surface area contributed by atoms with Crippen LogP contribution in [0.4, 0.5) is 0 Å². The smallest absolute Gasteiger partial charge is 0.255 e. The number of amides is 2. The lowest BCUT2D eigenvalue weighted by atomic mass is 10.3. The number of nitrogens with zero attached hydrogens (tertiary/aromatic N) is 1. The van der Waals surface area contributed by atoms with Gasteiger partial charge in [-0.25, -0.2) is 0 Å². The van der Waals surface area contributed by atoms with Gasteiger partial charge in [0.15, 0.2) is 5.78 Å². The quantitative estimate of drug-likeness (QED) is 0.562. The predicted octanol–water partition coefficient (Wildman–Crippen LogP) is 0.316. The first kappa shape index (κ1) is 11.0. The summed E-state index contributed by atoms with van der Waals surface area (Å²) >= 11 is 1.29. The van der Waals surface area contributed by atoms with Crippen LogP contribution in [0.5, 0.6) is 0 Å². The summed E-state index contributed by atoms with van der Waals surface area (Å²) in [6.07, 6.45) is 0. The average Bonchev–Trinajstić information content (AvgIpc) is 2.76. The Balaban J connectivity index is 2.06. The van der Waals surface area contributed by atoms with Gasteiger partial charge in [0.1, 0.15) is 13.2 Å². The van der Waals surface area contributed by atoms with Crippen molar-refractivity contribution in [3.8, 4) is 0 Å². The molecule has 1 aromatic heterocycles. The van der Waals surface area contributed by atoms with Crippen LogP contribution in [0.1, 0.15) is 9.67 Å². The zero-order valence-electron chi connectivity index (χ0n) is 8.34. The molecule has 0 unspecified atom stereocenters. The molecule has 6 heteroatoms. The van der Waals surface area contributed by atoms with E-state index in [1.807, 2.05) is 0 Å². The molecular weight excluding hydrogens is 230 g/mol. The Morgan fingerprint density at radius 2 is 2.06 bits per heavy atom. The molecular formula is C10H9NO4S. The molecule has 1 aliphatic heterocycles. The van der Waals surface area contributed by atoms with E-state index in [1.54, 1.807) is 17.5 Å². The lowest BCUT2D eigenvalue weighted by molar-refractivity contribution is -0.157. The van der Waals surface area contributed by atoms with Crippen molar-refractivity contribution < 1.29 is 19.1 Å². The Hall–Kier alpha value is -1.53. The number of carbonyl (C=O) groups is 3. The normalized spacial score (nSPS) is 16.6. The summed E-state index contributed by atoms with van der Waals surface area (Å²) in [4.78, 5) is 35.9. The Kier molecular flexibility index (Phi) is 3.12. The van der Waals surface area contributed by atoms with E-state index >= 15 is 0 Å². The molecule has 16 heavy (non-hydrogen) atoms. The van der Waals surface area contributed by atoms with Crippen molar-refractivity contribution in [3.05, 3.63) is 22.4 Å². The van der Waals surface area contributed by atoms with E-state index in [9.17, 15) is 14.4 Å². The summed E-state index contributed by atoms with van der Waals surface area (Å²) in [6.45, 7) is -0.464. The highest BCUT2D eigenvalue weighted by atomic mass is 32.1. The summed E-state index contributed by atoms with van der Waals surface area (Å²) in [7, 11) is 0. The SMILES string of the molecule is O=C(CN1C(=O)COCC1=O)c1cccs1. The minimum atomic E-state index is -0.457. The van der Waals surface area contributed by atoms with Crippen molar-refractivity contribution in [2.45, 2.75) is 0 Å². The van der Waals surface area contributed by atoms with E-state index < -0.39 is 11.8 Å². The van der Waals surface area contributed by atoms with E-state index in [0.717, 1.165) is 4.90 Å². The summed E-state index contributed by atoms with van der Waals surface area (Å²) < 4.78 is 4.75. The highest BCUT2D eigenvalue weighted by Gasteiger charge is 2.28. The first-order chi connectivity index (χ1) is 7.68. The fourth-order valence-corrected chi connectivity index (χ4v) is 2.01. The van der Waals surface area contributed by atoms with Crippen LogP contribution in [0.3, 0.4) is 0 Å². The molecule has 0 aliphatic carbocycles. The maximum absolute atomic E-state index is 11.7. The van der Waals surface area contributed by atoms with Crippen LogP contribution >= 0.6 is 11.3 Å². The number of morpholine rings is 1. The van der Waals surface area contributed by atoms with Gasteiger partial charge < -0.3 is 4.74 Å². The minimum absolute atomic E-state index is 0.135. The molecule has 0 saturated carbocycles. The Bertz CT molecular complexity index is 410. The van der Waals surface area contributed by atoms with Crippen molar-refractivity contribution in [2.75, 3.05) is 19.8 Å². The van der Waals surface area contributed by atoms with Crippen LogP contribution in [0.15, 0.2) is 17.5 Å². The maximum Gasteiger partial charge on any atom is 0.255 e. The molecule has 0 bridgehead atoms. The maximum atomic E-state index is 11.7. The van der Waals surface area contributed by atoms with Crippen molar-refractivity contribution in [2.24, 2.45) is 0 Å². The van der Waals surface area contributed by atoms with Gasteiger partial charge in [-0.15, -0.1) is 11.3 Å². The number of ketones is 1. The molecule has 0 atom stereocenters. The van der Waals surface area contributed by atoms with Gasteiger partial charge in [0, 0.05) is 0 Å². The molecule has 2 heterocycles. The van der Waals surface area contributed by atoms with Gasteiger partial charge in [0.25, 0.3) is 11.8 Å². The molecule has 2 rings (SSSR count). The van der Waals surface area contributed by atoms with Crippen molar-refractivity contribution in [3.63, 3.8) is 0 Å². The number of hydrogen-bond donors (Lipinski definition) is 0. The van der Waals surface area contributed by atoms with Crippen LogP contribution in [-0.4, -0.2) is 42.3 Å². The first-order valence-corrected chi connectivity index (χ1v) is 5.54. The fourth-order valence-electron chi connectivity index (χ4n) is 1.36. The van der Waals surface area contributed by atoms with Crippen LogP contribution < -0.4 is 0 Å². The second-order valence-electron chi connectivity index (χ2n) is 3.27. The summed E-state index contributed by atoms with van der Waals surface area (Å²) in [6, 6.07) is 3.42. The molecule has 5 nitrogen and oxygen atoms in total. The third-order valence-electron chi connectivity index (χ3n) is 2.15. The van der Waals surface area contributed by atoms with Crippen molar-refractivity contribution in [1.82, 2.24) is 4.90 Å². The Morgan fingerprint density at radius 1 is 1.38 bits per heavy atom. The highest BCUT2D eigenvalue weighted by molar-refractivity contribution is 7.12. The van der Waals surface area contributed by atoms with E-state index in [2.05, 4.69) is 0 Å². The number of rotatable bonds is 3. The number of ether oxygens (including phenoxy) is 1. The van der Waals surface area contributed by atoms with Gasteiger partial charge in [-0.1, -0.05) is 6.07 Å². The van der Waals surface area contributed by atoms with Crippen LogP contribution in [0, 0.1) is 0 Å². The van der Waals surface area contributed by atoms with Crippen LogP contribution in [-0.2, 0) is 14.3 Å². The van der Waals surface area contributed by atoms with Gasteiger partial charge in [-0.05, 0) is 11.4 Å². The zero-order chi connectivity index (χ0) is 11.5. The molecule has 0 radical (unpaired) electrons. The van der Waals surface area contributed by atoms with E-state index in [0.29, 0.717) is 4.88 Å². The molecule has 0 N–H and O–H groups in total. The second kappa shape index (κ2) is 4.54. The lowest BCUT2D eigenvalue weighted by Crippen LogP contribution is -2.48. The van der Waals surface area contributed by atoms with E-state index in [1.165, 1.54) is 11.3 Å². The Morgan fingerprint density at radius 3 is 2.62 bits per heavy atom. The fraction of sp³-hybridized carbons (Fsp3) is 0.300. The summed E-state index contributed by atoms with van der Waals surface area (Å²) in [5.74, 6) is -1.14. The van der Waals surface area contributed by atoms with Crippen LogP contribution in [0.25, 0.3) is 0 Å². The number of imide groups is 1. The Labute approximate surface area is 95.6 Å². The highest BCUT2D eigenvalue weighted by Crippen LogP contribution is 2.11. The lowest BCUT2D eigenvalue weighted by Gasteiger charge is -2.23. The number of Topliss-reactive ketones (excluding diaryl/α,β-unsaturated/α-hetero) is 1. The standard InChI is InChI=1S/C10H9NO4S/c12-7(8-2-1-3-16-8)4-11-9(13)5-15-6-10(11)14/h1-3H,4-6H2. The van der Waals surface area contributed by atoms with Gasteiger partial charge >= 0.3 is 0 Å². The van der Waals surface area contributed by atoms with Crippen molar-refractivity contribution >= 4 is 28.9 Å². The topological polar surface area (TPSA) is 63.7 Å². The predicted molar refractivity (Wildman–Crippen MR) is 56.2 cm³/mol. The van der Waals surface area contributed by atoms with Gasteiger partial charge in [-0.2, -0.15) is 0 Å². The zero-order valence-corrected chi connectivity index (χ0v) is 9.16. The molecule has 1 aromatic rings. The molecule has 84 valence electrons. The number of thiophene rings is 1. The van der Waals surface area contributed by atoms with Gasteiger partial charge in [-0.3, -0.25) is 19.3 Å². The molecule has 1 aliphatic rings. The second-order valence-corrected chi connectivity index (χ2v) is 4.21. The third-order valence-corrected chi connectivity index (χ3v) is 3.06. The average molecular weight is 239 g/mol. The number of hydrogen-bond acceptors (Lipinski definition) is 5. The number of carbonyl (C=O) groups excluding carboxylic acids is 3. The van der Waals surface area contributed by atoms with Crippen molar-refractivity contribution in [1.29, 1.82) is 0 Å². The monoisotopic (exact) mass is 239 g/mol. The molecule has 1 saturated heterocycles. The van der Waals surface area contributed by atoms with Gasteiger partial charge in [0.2, 0.25) is 0 Å². The summed E-state index contributed by atoms with van der Waals surface area (Å²) in [5, 5.41) is 1.77.